The lowest BCUT2D eigenvalue weighted by molar-refractivity contribution is 0.0762. The number of nitrogens with zero attached hydrogens (tertiary/aromatic N) is 3. The first-order chi connectivity index (χ1) is 13.6. The molecule has 1 amide bonds. The van der Waals surface area contributed by atoms with Crippen LogP contribution < -0.4 is 5.32 Å². The van der Waals surface area contributed by atoms with Gasteiger partial charge in [0.05, 0.1) is 21.5 Å². The molecule has 2 aromatic carbocycles. The van der Waals surface area contributed by atoms with E-state index in [2.05, 4.69) is 15.3 Å². The third-order valence-electron chi connectivity index (χ3n) is 4.97. The van der Waals surface area contributed by atoms with Gasteiger partial charge in [-0.3, -0.25) is 4.79 Å². The number of carbonyl (C=O) groups is 1. The van der Waals surface area contributed by atoms with Gasteiger partial charge in [0.2, 0.25) is 0 Å². The average molecular weight is 399 g/mol. The van der Waals surface area contributed by atoms with Gasteiger partial charge in [0.15, 0.2) is 0 Å². The van der Waals surface area contributed by atoms with Crippen LogP contribution >= 0.6 is 11.6 Å². The summed E-state index contributed by atoms with van der Waals surface area (Å²) in [6, 6.07) is 9.83. The summed E-state index contributed by atoms with van der Waals surface area (Å²) < 4.78 is 14.2. The van der Waals surface area contributed by atoms with E-state index in [4.69, 9.17) is 11.6 Å². The van der Waals surface area contributed by atoms with Gasteiger partial charge in [-0.15, -0.1) is 0 Å². The van der Waals surface area contributed by atoms with Crippen molar-refractivity contribution in [1.82, 2.24) is 14.9 Å². The zero-order chi connectivity index (χ0) is 19.5. The Labute approximate surface area is 167 Å². The van der Waals surface area contributed by atoms with Crippen molar-refractivity contribution < 1.29 is 9.18 Å². The Morgan fingerprint density at radius 1 is 1.07 bits per heavy atom. The number of anilines is 2. The molecule has 0 unspecified atom stereocenters. The van der Waals surface area contributed by atoms with Gasteiger partial charge < -0.3 is 10.2 Å². The SMILES string of the molecule is O=C(c1ccc(Nc2ncnc3cccc(F)c23)cc1Cl)N1CCCCCC1. The van der Waals surface area contributed by atoms with E-state index in [0.717, 1.165) is 38.8 Å². The Bertz CT molecular complexity index is 1010. The standard InChI is InChI=1S/C21H20ClFN4O/c22-16-12-14(8-9-15(16)21(28)27-10-3-1-2-4-11-27)26-20-19-17(23)6-5-7-18(19)24-13-25-20/h5-9,12-13H,1-4,10-11H2,(H,24,25,26). The summed E-state index contributed by atoms with van der Waals surface area (Å²) in [5.41, 5.74) is 1.62. The number of amides is 1. The summed E-state index contributed by atoms with van der Waals surface area (Å²) in [5.74, 6) is -0.0950. The predicted octanol–water partition coefficient (Wildman–Crippen LogP) is 5.18. The summed E-state index contributed by atoms with van der Waals surface area (Å²) in [7, 11) is 0. The van der Waals surface area contributed by atoms with E-state index < -0.39 is 5.82 Å². The van der Waals surface area contributed by atoms with Crippen LogP contribution in [0.3, 0.4) is 0 Å². The minimum absolute atomic E-state index is 0.0445. The zero-order valence-electron chi connectivity index (χ0n) is 15.3. The molecule has 0 aliphatic carbocycles. The van der Waals surface area contributed by atoms with Crippen LogP contribution in [0.4, 0.5) is 15.9 Å². The van der Waals surface area contributed by atoms with Gasteiger partial charge in [0.25, 0.3) is 5.91 Å². The first-order valence-electron chi connectivity index (χ1n) is 9.38. The van der Waals surface area contributed by atoms with Crippen molar-refractivity contribution in [3.8, 4) is 0 Å². The second-order valence-corrected chi connectivity index (χ2v) is 7.29. The summed E-state index contributed by atoms with van der Waals surface area (Å²) in [6.45, 7) is 1.53. The van der Waals surface area contributed by atoms with Crippen LogP contribution in [0.25, 0.3) is 10.9 Å². The maximum absolute atomic E-state index is 14.2. The van der Waals surface area contributed by atoms with Crippen LogP contribution in [0.1, 0.15) is 36.0 Å². The molecule has 1 aliphatic rings. The quantitative estimate of drug-likeness (QED) is 0.660. The van der Waals surface area contributed by atoms with Crippen molar-refractivity contribution in [2.75, 3.05) is 18.4 Å². The molecule has 0 radical (unpaired) electrons. The lowest BCUT2D eigenvalue weighted by Crippen LogP contribution is -2.32. The van der Waals surface area contributed by atoms with E-state index in [1.807, 2.05) is 4.90 Å². The molecule has 0 spiro atoms. The van der Waals surface area contributed by atoms with Gasteiger partial charge in [-0.1, -0.05) is 30.5 Å². The second-order valence-electron chi connectivity index (χ2n) is 6.88. The number of hydrogen-bond donors (Lipinski definition) is 1. The maximum Gasteiger partial charge on any atom is 0.255 e. The molecule has 0 atom stereocenters. The highest BCUT2D eigenvalue weighted by molar-refractivity contribution is 6.34. The molecular formula is C21H20ClFN4O. The Hall–Kier alpha value is -2.73. The van der Waals surface area contributed by atoms with E-state index in [0.29, 0.717) is 33.0 Å². The number of rotatable bonds is 3. The molecular weight excluding hydrogens is 379 g/mol. The normalized spacial score (nSPS) is 14.7. The largest absolute Gasteiger partial charge is 0.339 e. The van der Waals surface area contributed by atoms with Crippen molar-refractivity contribution in [3.63, 3.8) is 0 Å². The number of hydrogen-bond acceptors (Lipinski definition) is 4. The highest BCUT2D eigenvalue weighted by Crippen LogP contribution is 2.28. The third-order valence-corrected chi connectivity index (χ3v) is 5.28. The smallest absolute Gasteiger partial charge is 0.255 e. The van der Waals surface area contributed by atoms with Gasteiger partial charge in [-0.2, -0.15) is 0 Å². The lowest BCUT2D eigenvalue weighted by atomic mass is 10.1. The molecule has 0 saturated carbocycles. The Balaban J connectivity index is 1.59. The lowest BCUT2D eigenvalue weighted by Gasteiger charge is -2.21. The molecule has 7 heteroatoms. The molecule has 0 bridgehead atoms. The molecule has 1 aliphatic heterocycles. The summed E-state index contributed by atoms with van der Waals surface area (Å²) in [6.07, 6.45) is 5.74. The van der Waals surface area contributed by atoms with Crippen molar-refractivity contribution in [2.24, 2.45) is 0 Å². The molecule has 3 aromatic rings. The molecule has 1 fully saturated rings. The average Bonchev–Trinajstić information content (AvgIpc) is 2.97. The molecule has 1 N–H and O–H groups in total. The molecule has 28 heavy (non-hydrogen) atoms. The molecule has 1 aromatic heterocycles. The topological polar surface area (TPSA) is 58.1 Å². The Morgan fingerprint density at radius 2 is 1.86 bits per heavy atom. The Kier molecular flexibility index (Phi) is 5.39. The van der Waals surface area contributed by atoms with Gasteiger partial charge in [0, 0.05) is 18.8 Å². The minimum atomic E-state index is -0.403. The predicted molar refractivity (Wildman–Crippen MR) is 109 cm³/mol. The maximum atomic E-state index is 14.2. The summed E-state index contributed by atoms with van der Waals surface area (Å²) in [4.78, 5) is 22.9. The van der Waals surface area contributed by atoms with Gasteiger partial charge in [-0.25, -0.2) is 14.4 Å². The first-order valence-corrected chi connectivity index (χ1v) is 9.76. The Morgan fingerprint density at radius 3 is 2.61 bits per heavy atom. The van der Waals surface area contributed by atoms with E-state index >= 15 is 0 Å². The molecule has 144 valence electrons. The number of aromatic nitrogens is 2. The van der Waals surface area contributed by atoms with E-state index in [1.165, 1.54) is 12.4 Å². The van der Waals surface area contributed by atoms with Crippen molar-refractivity contribution in [3.05, 3.63) is 59.1 Å². The van der Waals surface area contributed by atoms with Gasteiger partial charge in [0.1, 0.15) is 18.0 Å². The van der Waals surface area contributed by atoms with Crippen LogP contribution in [0.5, 0.6) is 0 Å². The van der Waals surface area contributed by atoms with Crippen LogP contribution in [0.15, 0.2) is 42.7 Å². The minimum Gasteiger partial charge on any atom is -0.339 e. The highest BCUT2D eigenvalue weighted by atomic mass is 35.5. The van der Waals surface area contributed by atoms with E-state index in [1.54, 1.807) is 30.3 Å². The monoisotopic (exact) mass is 398 g/mol. The molecule has 5 nitrogen and oxygen atoms in total. The van der Waals surface area contributed by atoms with Crippen LogP contribution in [0, 0.1) is 5.82 Å². The van der Waals surface area contributed by atoms with Crippen molar-refractivity contribution in [1.29, 1.82) is 0 Å². The number of nitrogens with one attached hydrogen (secondary N) is 1. The number of halogens is 2. The molecule has 4 rings (SSSR count). The number of likely N-dealkylation sites (tertiary alicyclic amines) is 1. The van der Waals surface area contributed by atoms with Crippen molar-refractivity contribution >= 4 is 39.9 Å². The summed E-state index contributed by atoms with van der Waals surface area (Å²) in [5, 5.41) is 3.75. The van der Waals surface area contributed by atoms with Crippen LogP contribution in [-0.4, -0.2) is 33.9 Å². The fourth-order valence-electron chi connectivity index (χ4n) is 3.51. The highest BCUT2D eigenvalue weighted by Gasteiger charge is 2.20. The van der Waals surface area contributed by atoms with Gasteiger partial charge >= 0.3 is 0 Å². The first kappa shape index (κ1) is 18.6. The number of fused-ring (bicyclic) bond motifs is 1. The van der Waals surface area contributed by atoms with Gasteiger partial charge in [-0.05, 0) is 43.2 Å². The fourth-order valence-corrected chi connectivity index (χ4v) is 3.77. The fraction of sp³-hybridized carbons (Fsp3) is 0.286. The van der Waals surface area contributed by atoms with Crippen LogP contribution in [-0.2, 0) is 0 Å². The zero-order valence-corrected chi connectivity index (χ0v) is 16.0. The van der Waals surface area contributed by atoms with Crippen LogP contribution in [0.2, 0.25) is 5.02 Å². The number of carbonyl (C=O) groups excluding carboxylic acids is 1. The van der Waals surface area contributed by atoms with Crippen molar-refractivity contribution in [2.45, 2.75) is 25.7 Å². The van der Waals surface area contributed by atoms with E-state index in [-0.39, 0.29) is 5.91 Å². The number of benzene rings is 2. The summed E-state index contributed by atoms with van der Waals surface area (Å²) >= 11 is 6.41. The third kappa shape index (κ3) is 3.78. The second kappa shape index (κ2) is 8.10. The van der Waals surface area contributed by atoms with E-state index in [9.17, 15) is 9.18 Å². The molecule has 1 saturated heterocycles. The molecule has 2 heterocycles.